The van der Waals surface area contributed by atoms with Crippen LogP contribution in [0.4, 0.5) is 0 Å². The minimum absolute atomic E-state index is 0.0295. The van der Waals surface area contributed by atoms with E-state index in [-0.39, 0.29) is 31.9 Å². The van der Waals surface area contributed by atoms with E-state index in [1.807, 2.05) is 0 Å². The van der Waals surface area contributed by atoms with Gasteiger partial charge < -0.3 is 40.9 Å². The van der Waals surface area contributed by atoms with Crippen molar-refractivity contribution in [1.29, 1.82) is 0 Å². The Morgan fingerprint density at radius 2 is 1.85 bits per heavy atom. The highest BCUT2D eigenvalue weighted by Gasteiger charge is 2.34. The number of nitrogens with zero attached hydrogens (tertiary/aromatic N) is 1. The minimum Gasteiger partial charge on any atom is -0.480 e. The summed E-state index contributed by atoms with van der Waals surface area (Å²) in [6, 6.07) is -1.14. The first-order valence-corrected chi connectivity index (χ1v) is 9.30. The average Bonchev–Trinajstić information content (AvgIpc) is 2.64. The van der Waals surface area contributed by atoms with Crippen LogP contribution in [-0.4, -0.2) is 99.1 Å². The summed E-state index contributed by atoms with van der Waals surface area (Å²) in [6.45, 7) is -0.190. The molecular formula is C17H32N2O8. The van der Waals surface area contributed by atoms with Gasteiger partial charge in [0.1, 0.15) is 30.5 Å². The Labute approximate surface area is 158 Å². The van der Waals surface area contributed by atoms with Crippen LogP contribution in [0.2, 0.25) is 0 Å². The molecule has 1 aliphatic rings. The highest BCUT2D eigenvalue weighted by molar-refractivity contribution is 5.78. The molecule has 1 rings (SSSR count). The van der Waals surface area contributed by atoms with Crippen molar-refractivity contribution >= 4 is 11.9 Å². The monoisotopic (exact) mass is 392 g/mol. The molecule has 1 heterocycles. The Morgan fingerprint density at radius 3 is 2.48 bits per heavy atom. The molecule has 0 unspecified atom stereocenters. The van der Waals surface area contributed by atoms with E-state index in [0.29, 0.717) is 19.4 Å². The van der Waals surface area contributed by atoms with E-state index in [4.69, 9.17) is 20.7 Å². The number of aliphatic hydroxyl groups excluding tert-OH is 4. The number of carboxylic acids is 1. The fourth-order valence-corrected chi connectivity index (χ4v) is 2.95. The number of ether oxygens (including phenoxy) is 1. The number of hydrogen-bond donors (Lipinski definition) is 6. The van der Waals surface area contributed by atoms with Crippen LogP contribution in [0.5, 0.6) is 0 Å². The third kappa shape index (κ3) is 8.08. The molecule has 0 aromatic rings. The predicted octanol–water partition coefficient (Wildman–Crippen LogP) is -1.96. The van der Waals surface area contributed by atoms with E-state index in [0.717, 1.165) is 12.8 Å². The first-order valence-electron chi connectivity index (χ1n) is 9.30. The van der Waals surface area contributed by atoms with Crippen molar-refractivity contribution in [3.8, 4) is 0 Å². The summed E-state index contributed by atoms with van der Waals surface area (Å²) in [5.41, 5.74) is 5.42. The number of carbonyl (C=O) groups excluding carboxylic acids is 1. The lowest BCUT2D eigenvalue weighted by molar-refractivity contribution is -0.152. The smallest absolute Gasteiger partial charge is 0.320 e. The summed E-state index contributed by atoms with van der Waals surface area (Å²) in [5.74, 6) is -1.56. The molecule has 1 aliphatic heterocycles. The Hall–Kier alpha value is -1.30. The van der Waals surface area contributed by atoms with Gasteiger partial charge in [0.25, 0.3) is 0 Å². The van der Waals surface area contributed by atoms with Gasteiger partial charge in [0.2, 0.25) is 5.91 Å². The van der Waals surface area contributed by atoms with Crippen molar-refractivity contribution in [2.45, 2.75) is 69.0 Å². The van der Waals surface area contributed by atoms with Crippen molar-refractivity contribution in [2.24, 2.45) is 5.73 Å². The number of carboxylic acid groups (broad SMARTS) is 1. The Balaban J connectivity index is 2.79. The van der Waals surface area contributed by atoms with Crippen molar-refractivity contribution in [1.82, 2.24) is 4.90 Å². The Kier molecular flexibility index (Phi) is 10.7. The number of amides is 1. The number of nitrogens with two attached hydrogens (primary N) is 1. The number of β-amino-alcohol motifs (C(OH)–C–C–N with tert-alkyl or cyclic N) is 1. The van der Waals surface area contributed by atoms with Gasteiger partial charge in [-0.05, 0) is 19.3 Å². The second-order valence-corrected chi connectivity index (χ2v) is 6.88. The summed E-state index contributed by atoms with van der Waals surface area (Å²) in [7, 11) is 0. The van der Waals surface area contributed by atoms with Crippen LogP contribution in [-0.2, 0) is 14.3 Å². The fourth-order valence-electron chi connectivity index (χ4n) is 2.95. The van der Waals surface area contributed by atoms with Crippen LogP contribution in [0.15, 0.2) is 0 Å². The molecular weight excluding hydrogens is 360 g/mol. The summed E-state index contributed by atoms with van der Waals surface area (Å²) in [5, 5.41) is 48.5. The average molecular weight is 392 g/mol. The molecule has 158 valence electrons. The Morgan fingerprint density at radius 1 is 1.19 bits per heavy atom. The molecule has 0 spiro atoms. The van der Waals surface area contributed by atoms with Crippen molar-refractivity contribution < 1.29 is 39.9 Å². The van der Waals surface area contributed by atoms with E-state index in [9.17, 15) is 24.9 Å². The van der Waals surface area contributed by atoms with Crippen molar-refractivity contribution in [3.63, 3.8) is 0 Å². The topological polar surface area (TPSA) is 174 Å². The quantitative estimate of drug-likeness (QED) is 0.300. The van der Waals surface area contributed by atoms with Gasteiger partial charge in [-0.1, -0.05) is 12.8 Å². The molecule has 7 N–H and O–H groups in total. The lowest BCUT2D eigenvalue weighted by Crippen LogP contribution is -2.52. The van der Waals surface area contributed by atoms with Crippen LogP contribution < -0.4 is 5.73 Å². The standard InChI is InChI=1S/C17H32N2O8/c18-11(17(25)26)5-6-14(23)19-7-3-1-2-4-8-27-16(13(22)10-20)15(24)12(21)9-19/h11-13,15-16,20-22,24H,1-10,18H2,(H,25,26)/t11-,12+,13+,15+,16+/m0/s1. The Bertz CT molecular complexity index is 464. The van der Waals surface area contributed by atoms with Crippen molar-refractivity contribution in [3.05, 3.63) is 0 Å². The summed E-state index contributed by atoms with van der Waals surface area (Å²) >= 11 is 0. The fraction of sp³-hybridized carbons (Fsp3) is 0.882. The van der Waals surface area contributed by atoms with E-state index < -0.39 is 43.0 Å². The highest BCUT2D eigenvalue weighted by atomic mass is 16.5. The van der Waals surface area contributed by atoms with Gasteiger partial charge in [0.15, 0.2) is 0 Å². The SMILES string of the molecule is N[C@@H](CCC(=O)N1CCCCCCO[C@H]([C@H](O)CO)[C@H](O)[C@H](O)C1)C(=O)O. The lowest BCUT2D eigenvalue weighted by atomic mass is 10.0. The van der Waals surface area contributed by atoms with Gasteiger partial charge in [0, 0.05) is 26.1 Å². The third-order valence-electron chi connectivity index (χ3n) is 4.68. The molecule has 1 fully saturated rings. The molecule has 0 bridgehead atoms. The molecule has 0 aromatic carbocycles. The van der Waals surface area contributed by atoms with Gasteiger partial charge in [-0.3, -0.25) is 9.59 Å². The molecule has 10 nitrogen and oxygen atoms in total. The molecule has 0 radical (unpaired) electrons. The van der Waals surface area contributed by atoms with Gasteiger partial charge in [-0.15, -0.1) is 0 Å². The molecule has 0 aromatic heterocycles. The predicted molar refractivity (Wildman–Crippen MR) is 94.7 cm³/mol. The molecule has 5 atom stereocenters. The molecule has 27 heavy (non-hydrogen) atoms. The number of hydrogen-bond acceptors (Lipinski definition) is 8. The lowest BCUT2D eigenvalue weighted by Gasteiger charge is -2.33. The van der Waals surface area contributed by atoms with Gasteiger partial charge in [-0.25, -0.2) is 0 Å². The maximum absolute atomic E-state index is 12.4. The molecule has 1 saturated heterocycles. The zero-order valence-corrected chi connectivity index (χ0v) is 15.4. The number of rotatable bonds is 6. The first kappa shape index (κ1) is 23.7. The molecule has 0 aliphatic carbocycles. The maximum atomic E-state index is 12.4. The number of aliphatic carboxylic acids is 1. The normalized spacial score (nSPS) is 27.9. The van der Waals surface area contributed by atoms with Crippen LogP contribution >= 0.6 is 0 Å². The molecule has 10 heteroatoms. The first-order chi connectivity index (χ1) is 12.8. The van der Waals surface area contributed by atoms with Gasteiger partial charge >= 0.3 is 5.97 Å². The van der Waals surface area contributed by atoms with Crippen LogP contribution in [0, 0.1) is 0 Å². The zero-order chi connectivity index (χ0) is 20.4. The van der Waals surface area contributed by atoms with Gasteiger partial charge in [-0.2, -0.15) is 0 Å². The maximum Gasteiger partial charge on any atom is 0.320 e. The van der Waals surface area contributed by atoms with Gasteiger partial charge in [0.05, 0.1) is 6.61 Å². The van der Waals surface area contributed by atoms with E-state index >= 15 is 0 Å². The number of carbonyl (C=O) groups is 2. The van der Waals surface area contributed by atoms with Crippen LogP contribution in [0.25, 0.3) is 0 Å². The van der Waals surface area contributed by atoms with Crippen LogP contribution in [0.3, 0.4) is 0 Å². The minimum atomic E-state index is -1.50. The summed E-state index contributed by atoms with van der Waals surface area (Å²) in [6.07, 6.45) is -2.53. The second-order valence-electron chi connectivity index (χ2n) is 6.88. The summed E-state index contributed by atoms with van der Waals surface area (Å²) in [4.78, 5) is 24.6. The summed E-state index contributed by atoms with van der Waals surface area (Å²) < 4.78 is 5.45. The second kappa shape index (κ2) is 12.2. The zero-order valence-electron chi connectivity index (χ0n) is 15.4. The van der Waals surface area contributed by atoms with E-state index in [1.54, 1.807) is 0 Å². The van der Waals surface area contributed by atoms with E-state index in [2.05, 4.69) is 0 Å². The highest BCUT2D eigenvalue weighted by Crippen LogP contribution is 2.15. The van der Waals surface area contributed by atoms with Crippen LogP contribution in [0.1, 0.15) is 38.5 Å². The molecule has 1 amide bonds. The van der Waals surface area contributed by atoms with Crippen molar-refractivity contribution in [2.75, 3.05) is 26.3 Å². The number of aliphatic hydroxyl groups is 4. The molecule has 0 saturated carbocycles. The third-order valence-corrected chi connectivity index (χ3v) is 4.68. The van der Waals surface area contributed by atoms with E-state index in [1.165, 1.54) is 4.90 Å². The largest absolute Gasteiger partial charge is 0.480 e.